The summed E-state index contributed by atoms with van der Waals surface area (Å²) in [5, 5.41) is 6.03. The molecule has 0 aliphatic rings. The summed E-state index contributed by atoms with van der Waals surface area (Å²) >= 11 is 2.14. The third-order valence-corrected chi connectivity index (χ3v) is 5.78. The lowest BCUT2D eigenvalue weighted by Gasteiger charge is -2.12. The molecule has 0 aliphatic carbocycles. The first-order chi connectivity index (χ1) is 14.2. The number of carbonyl (C=O) groups is 2. The van der Waals surface area contributed by atoms with Gasteiger partial charge in [0.25, 0.3) is 5.91 Å². The molecule has 1 aromatic carbocycles. The predicted molar refractivity (Wildman–Crippen MR) is 110 cm³/mol. The Kier molecular flexibility index (Phi) is 6.73. The van der Waals surface area contributed by atoms with Gasteiger partial charge in [-0.3, -0.25) is 19.7 Å². The van der Waals surface area contributed by atoms with Gasteiger partial charge in [-0.25, -0.2) is 13.8 Å². The number of hydrogen-bond donors (Lipinski definition) is 1. The van der Waals surface area contributed by atoms with E-state index in [1.807, 2.05) is 0 Å². The first kappa shape index (κ1) is 21.8. The molecule has 0 bridgehead atoms. The SMILES string of the molecule is Cc1csc(=O)n1CCC(=O)OC(C)C(=O)Nc1nc(-c2ccc(F)c(F)c2)cs1. The van der Waals surface area contributed by atoms with Crippen LogP contribution < -0.4 is 10.2 Å². The van der Waals surface area contributed by atoms with Gasteiger partial charge in [0.15, 0.2) is 22.9 Å². The third kappa shape index (κ3) is 5.16. The Morgan fingerprint density at radius 2 is 2.00 bits per heavy atom. The largest absolute Gasteiger partial charge is 0.452 e. The average Bonchev–Trinajstić information content (AvgIpc) is 3.29. The van der Waals surface area contributed by atoms with E-state index < -0.39 is 29.6 Å². The fraction of sp³-hybridized carbons (Fsp3) is 0.263. The van der Waals surface area contributed by atoms with Gasteiger partial charge >= 0.3 is 10.8 Å². The summed E-state index contributed by atoms with van der Waals surface area (Å²) in [7, 11) is 0. The molecule has 1 N–H and O–H groups in total. The van der Waals surface area contributed by atoms with Crippen molar-refractivity contribution in [3.05, 3.63) is 56.0 Å². The number of amides is 1. The zero-order valence-corrected chi connectivity index (χ0v) is 17.6. The van der Waals surface area contributed by atoms with Gasteiger partial charge in [0.2, 0.25) is 0 Å². The average molecular weight is 453 g/mol. The fourth-order valence-electron chi connectivity index (χ4n) is 2.51. The topological polar surface area (TPSA) is 90.3 Å². The number of hydrogen-bond acceptors (Lipinski definition) is 7. The van der Waals surface area contributed by atoms with E-state index in [2.05, 4.69) is 10.3 Å². The number of nitrogens with zero attached hydrogens (tertiary/aromatic N) is 2. The molecule has 0 fully saturated rings. The van der Waals surface area contributed by atoms with Gasteiger partial charge in [0.1, 0.15) is 0 Å². The number of rotatable bonds is 7. The van der Waals surface area contributed by atoms with Crippen LogP contribution in [0.1, 0.15) is 19.0 Å². The summed E-state index contributed by atoms with van der Waals surface area (Å²) in [5.41, 5.74) is 1.49. The minimum Gasteiger partial charge on any atom is -0.452 e. The number of benzene rings is 1. The number of ether oxygens (including phenoxy) is 1. The summed E-state index contributed by atoms with van der Waals surface area (Å²) in [6.45, 7) is 3.35. The van der Waals surface area contributed by atoms with E-state index in [1.165, 1.54) is 17.6 Å². The molecule has 1 atom stereocenters. The smallest absolute Gasteiger partial charge is 0.308 e. The standard InChI is InChI=1S/C19H17F2N3O4S2/c1-10-8-30-19(27)24(10)6-5-16(25)28-11(2)17(26)23-18-22-15(9-29-18)12-3-4-13(20)14(21)7-12/h3-4,7-9,11H,5-6H2,1-2H3,(H,22,23,26). The molecule has 3 rings (SSSR count). The highest BCUT2D eigenvalue weighted by Gasteiger charge is 2.20. The second-order valence-corrected chi connectivity index (χ2v) is 8.01. The van der Waals surface area contributed by atoms with Crippen LogP contribution in [0.25, 0.3) is 11.3 Å². The number of thiazole rings is 2. The molecule has 7 nitrogen and oxygen atoms in total. The molecule has 0 spiro atoms. The van der Waals surface area contributed by atoms with Crippen molar-refractivity contribution in [3.63, 3.8) is 0 Å². The molecule has 0 radical (unpaired) electrons. The van der Waals surface area contributed by atoms with E-state index in [9.17, 15) is 23.2 Å². The summed E-state index contributed by atoms with van der Waals surface area (Å²) in [6.07, 6.45) is -1.12. The number of aromatic nitrogens is 2. The highest BCUT2D eigenvalue weighted by Crippen LogP contribution is 2.26. The van der Waals surface area contributed by atoms with Crippen LogP contribution in [0.5, 0.6) is 0 Å². The van der Waals surface area contributed by atoms with Crippen LogP contribution in [0.2, 0.25) is 0 Å². The lowest BCUT2D eigenvalue weighted by atomic mass is 10.2. The second kappa shape index (κ2) is 9.26. The number of anilines is 1. The van der Waals surface area contributed by atoms with Gasteiger partial charge in [-0.1, -0.05) is 11.3 Å². The van der Waals surface area contributed by atoms with Gasteiger partial charge in [-0.15, -0.1) is 11.3 Å². The lowest BCUT2D eigenvalue weighted by molar-refractivity contribution is -0.153. The highest BCUT2D eigenvalue weighted by molar-refractivity contribution is 7.14. The molecule has 1 amide bonds. The molecule has 30 heavy (non-hydrogen) atoms. The van der Waals surface area contributed by atoms with Gasteiger partial charge < -0.3 is 9.30 Å². The number of esters is 1. The molecule has 0 saturated heterocycles. The fourth-order valence-corrected chi connectivity index (χ4v) is 4.00. The number of aryl methyl sites for hydroxylation is 1. The maximum atomic E-state index is 13.4. The molecular weight excluding hydrogens is 436 g/mol. The first-order valence-electron chi connectivity index (χ1n) is 8.81. The van der Waals surface area contributed by atoms with Crippen LogP contribution in [0.3, 0.4) is 0 Å². The molecular formula is C19H17F2N3O4S2. The molecule has 1 unspecified atom stereocenters. The molecule has 3 aromatic rings. The van der Waals surface area contributed by atoms with Crippen LogP contribution >= 0.6 is 22.7 Å². The Labute approximate surface area is 178 Å². The molecule has 11 heteroatoms. The Bertz CT molecular complexity index is 1140. The quantitative estimate of drug-likeness (QED) is 0.553. The maximum Gasteiger partial charge on any atom is 0.308 e. The van der Waals surface area contributed by atoms with E-state index in [-0.39, 0.29) is 23.0 Å². The summed E-state index contributed by atoms with van der Waals surface area (Å²) < 4.78 is 33.0. The van der Waals surface area contributed by atoms with Crippen LogP contribution in [0.4, 0.5) is 13.9 Å². The number of nitrogens with one attached hydrogen (secondary N) is 1. The van der Waals surface area contributed by atoms with Gasteiger partial charge in [-0.05, 0) is 32.0 Å². The second-order valence-electron chi connectivity index (χ2n) is 6.33. The van der Waals surface area contributed by atoms with Crippen molar-refractivity contribution in [2.75, 3.05) is 5.32 Å². The molecule has 0 saturated carbocycles. The Balaban J connectivity index is 1.54. The van der Waals surface area contributed by atoms with Crippen LogP contribution in [-0.4, -0.2) is 27.5 Å². The summed E-state index contributed by atoms with van der Waals surface area (Å²) in [4.78, 5) is 39.9. The normalized spacial score (nSPS) is 11.9. The number of halogens is 2. The van der Waals surface area contributed by atoms with Crippen molar-refractivity contribution in [1.82, 2.24) is 9.55 Å². The minimum absolute atomic E-state index is 0.0490. The summed E-state index contributed by atoms with van der Waals surface area (Å²) in [5.74, 6) is -3.15. The van der Waals surface area contributed by atoms with E-state index >= 15 is 0 Å². The van der Waals surface area contributed by atoms with Crippen molar-refractivity contribution in [3.8, 4) is 11.3 Å². The monoisotopic (exact) mass is 453 g/mol. The van der Waals surface area contributed by atoms with Crippen LogP contribution in [0, 0.1) is 18.6 Å². The molecule has 158 valence electrons. The van der Waals surface area contributed by atoms with E-state index in [4.69, 9.17) is 4.74 Å². The van der Waals surface area contributed by atoms with E-state index in [1.54, 1.807) is 17.7 Å². The maximum absolute atomic E-state index is 13.4. The van der Waals surface area contributed by atoms with Crippen molar-refractivity contribution in [1.29, 1.82) is 0 Å². The van der Waals surface area contributed by atoms with E-state index in [0.29, 0.717) is 11.3 Å². The van der Waals surface area contributed by atoms with Crippen molar-refractivity contribution < 1.29 is 23.1 Å². The zero-order chi connectivity index (χ0) is 21.8. The molecule has 2 aromatic heterocycles. The lowest BCUT2D eigenvalue weighted by Crippen LogP contribution is -2.30. The van der Waals surface area contributed by atoms with Gasteiger partial charge in [-0.2, -0.15) is 0 Å². The van der Waals surface area contributed by atoms with Crippen molar-refractivity contribution in [2.24, 2.45) is 0 Å². The van der Waals surface area contributed by atoms with Gasteiger partial charge in [0, 0.05) is 28.6 Å². The third-order valence-electron chi connectivity index (χ3n) is 4.14. The van der Waals surface area contributed by atoms with E-state index in [0.717, 1.165) is 40.5 Å². The first-order valence-corrected chi connectivity index (χ1v) is 10.6. The highest BCUT2D eigenvalue weighted by atomic mass is 32.1. The van der Waals surface area contributed by atoms with Crippen LogP contribution in [-0.2, 0) is 20.9 Å². The van der Waals surface area contributed by atoms with Crippen LogP contribution in [0.15, 0.2) is 33.8 Å². The minimum atomic E-state index is -1.08. The summed E-state index contributed by atoms with van der Waals surface area (Å²) in [6, 6.07) is 3.39. The Morgan fingerprint density at radius 1 is 1.23 bits per heavy atom. The van der Waals surface area contributed by atoms with Crippen molar-refractivity contribution >= 4 is 39.7 Å². The number of carbonyl (C=O) groups excluding carboxylic acids is 2. The Morgan fingerprint density at radius 3 is 2.67 bits per heavy atom. The molecule has 0 aliphatic heterocycles. The zero-order valence-electron chi connectivity index (χ0n) is 16.0. The van der Waals surface area contributed by atoms with Gasteiger partial charge in [0.05, 0.1) is 12.1 Å². The Hall–Kier alpha value is -2.92. The van der Waals surface area contributed by atoms with Crippen molar-refractivity contribution in [2.45, 2.75) is 32.9 Å². The molecule has 2 heterocycles. The predicted octanol–water partition coefficient (Wildman–Crippen LogP) is 3.58.